The van der Waals surface area contributed by atoms with Crippen LogP contribution in [-0.4, -0.2) is 37.1 Å². The smallest absolute Gasteiger partial charge is 0.269 e. The van der Waals surface area contributed by atoms with Crippen molar-refractivity contribution in [1.82, 2.24) is 0 Å². The van der Waals surface area contributed by atoms with Crippen LogP contribution >= 0.6 is 0 Å². The topological polar surface area (TPSA) is 52.0 Å². The number of nitrogens with one attached hydrogen (secondary N) is 2. The fraction of sp³-hybridized carbons (Fsp3) is 0.625. The highest BCUT2D eigenvalue weighted by Gasteiger charge is 2.31. The summed E-state index contributed by atoms with van der Waals surface area (Å²) in [5.74, 6) is 0. The Balaban J connectivity index is 1.53. The van der Waals surface area contributed by atoms with E-state index in [1.807, 2.05) is 6.07 Å². The van der Waals surface area contributed by atoms with Crippen LogP contribution in [0.1, 0.15) is 31.2 Å². The molecule has 1 heterocycles. The van der Waals surface area contributed by atoms with Gasteiger partial charge in [-0.1, -0.05) is 12.1 Å². The molecule has 1 aliphatic carbocycles. The Kier molecular flexibility index (Phi) is 4.51. The minimum Gasteiger partial charge on any atom is -0.323 e. The zero-order valence-corrected chi connectivity index (χ0v) is 12.5. The average molecular weight is 291 g/mol. The third-order valence-electron chi connectivity index (χ3n) is 5.11. The molecule has 1 aromatic carbocycles. The van der Waals surface area contributed by atoms with Crippen molar-refractivity contribution in [2.75, 3.05) is 26.2 Å². The summed E-state index contributed by atoms with van der Waals surface area (Å²) < 4.78 is 0. The van der Waals surface area contributed by atoms with Crippen molar-refractivity contribution in [1.29, 1.82) is 0 Å². The molecule has 0 aromatic heterocycles. The van der Waals surface area contributed by atoms with Crippen LogP contribution in [0.3, 0.4) is 0 Å². The predicted octanol–water partition coefficient (Wildman–Crippen LogP) is -0.179. The fourth-order valence-corrected chi connectivity index (χ4v) is 3.91. The number of nitro benzene ring substituents is 1. The number of non-ortho nitro benzene ring substituents is 1. The van der Waals surface area contributed by atoms with E-state index in [-0.39, 0.29) is 10.6 Å². The van der Waals surface area contributed by atoms with Crippen LogP contribution in [0.4, 0.5) is 5.69 Å². The van der Waals surface area contributed by atoms with Gasteiger partial charge in [0.25, 0.3) is 5.69 Å². The molecule has 1 saturated heterocycles. The predicted molar refractivity (Wildman–Crippen MR) is 80.4 cm³/mol. The van der Waals surface area contributed by atoms with Crippen LogP contribution in [0.15, 0.2) is 24.3 Å². The van der Waals surface area contributed by atoms with Crippen molar-refractivity contribution in [2.24, 2.45) is 0 Å². The van der Waals surface area contributed by atoms with Gasteiger partial charge in [-0.25, -0.2) is 0 Å². The third kappa shape index (κ3) is 3.60. The molecule has 2 aliphatic rings. The molecule has 5 heteroatoms. The molecule has 1 saturated carbocycles. The quantitative estimate of drug-likeness (QED) is 0.597. The number of quaternary nitrogens is 2. The van der Waals surface area contributed by atoms with Gasteiger partial charge in [-0.3, -0.25) is 10.1 Å². The van der Waals surface area contributed by atoms with Crippen molar-refractivity contribution in [3.05, 3.63) is 39.9 Å². The van der Waals surface area contributed by atoms with Crippen LogP contribution in [0.5, 0.6) is 0 Å². The molecule has 114 valence electrons. The second kappa shape index (κ2) is 6.54. The number of nitro groups is 1. The number of piperazine rings is 1. The van der Waals surface area contributed by atoms with E-state index in [1.165, 1.54) is 51.9 Å². The highest BCUT2D eigenvalue weighted by Crippen LogP contribution is 2.15. The van der Waals surface area contributed by atoms with Crippen molar-refractivity contribution < 1.29 is 14.7 Å². The van der Waals surface area contributed by atoms with E-state index in [9.17, 15) is 10.1 Å². The zero-order chi connectivity index (χ0) is 14.7. The number of nitrogens with zero attached hydrogens (tertiary/aromatic N) is 1. The maximum absolute atomic E-state index is 10.8. The number of hydrogen-bond acceptors (Lipinski definition) is 2. The SMILES string of the molecule is O=[N+]([O-])c1cccc(C[NH+]2CC[NH+](C3CCCC3)CC2)c1. The highest BCUT2D eigenvalue weighted by atomic mass is 16.6. The molecule has 0 spiro atoms. The summed E-state index contributed by atoms with van der Waals surface area (Å²) in [5, 5.41) is 10.8. The maximum Gasteiger partial charge on any atom is 0.269 e. The first-order valence-corrected chi connectivity index (χ1v) is 8.14. The Bertz CT molecular complexity index is 492. The third-order valence-corrected chi connectivity index (χ3v) is 5.11. The molecule has 0 atom stereocenters. The summed E-state index contributed by atoms with van der Waals surface area (Å²) in [6.45, 7) is 5.81. The highest BCUT2D eigenvalue weighted by molar-refractivity contribution is 5.33. The fourth-order valence-electron chi connectivity index (χ4n) is 3.91. The molecule has 1 aromatic rings. The first-order chi connectivity index (χ1) is 10.2. The zero-order valence-electron chi connectivity index (χ0n) is 12.5. The van der Waals surface area contributed by atoms with Crippen molar-refractivity contribution in [3.8, 4) is 0 Å². The van der Waals surface area contributed by atoms with Crippen molar-refractivity contribution in [2.45, 2.75) is 38.3 Å². The molecular formula is C16H25N3O2+2. The van der Waals surface area contributed by atoms with Crippen LogP contribution in [0, 0.1) is 10.1 Å². The Morgan fingerprint density at radius 1 is 1.14 bits per heavy atom. The van der Waals surface area contributed by atoms with Crippen molar-refractivity contribution in [3.63, 3.8) is 0 Å². The first-order valence-electron chi connectivity index (χ1n) is 8.14. The molecule has 2 fully saturated rings. The summed E-state index contributed by atoms with van der Waals surface area (Å²) in [6, 6.07) is 8.01. The molecule has 5 nitrogen and oxygen atoms in total. The molecule has 0 unspecified atom stereocenters. The Hall–Kier alpha value is -1.46. The average Bonchev–Trinajstić information content (AvgIpc) is 3.02. The summed E-state index contributed by atoms with van der Waals surface area (Å²) in [4.78, 5) is 13.9. The van der Waals surface area contributed by atoms with Gasteiger partial charge in [0.05, 0.1) is 11.0 Å². The molecule has 21 heavy (non-hydrogen) atoms. The van der Waals surface area contributed by atoms with Crippen LogP contribution in [0.2, 0.25) is 0 Å². The van der Waals surface area contributed by atoms with E-state index in [2.05, 4.69) is 0 Å². The van der Waals surface area contributed by atoms with Gasteiger partial charge in [0, 0.05) is 17.7 Å². The molecule has 1 aliphatic heterocycles. The maximum atomic E-state index is 10.8. The first kappa shape index (κ1) is 14.5. The van der Waals surface area contributed by atoms with E-state index in [1.54, 1.807) is 28.0 Å². The summed E-state index contributed by atoms with van der Waals surface area (Å²) in [6.07, 6.45) is 5.65. The van der Waals surface area contributed by atoms with Gasteiger partial charge in [-0.15, -0.1) is 0 Å². The lowest BCUT2D eigenvalue weighted by Crippen LogP contribution is -3.29. The van der Waals surface area contributed by atoms with Crippen LogP contribution in [-0.2, 0) is 6.54 Å². The van der Waals surface area contributed by atoms with Gasteiger partial charge in [0.2, 0.25) is 0 Å². The second-order valence-corrected chi connectivity index (χ2v) is 6.49. The molecule has 2 N–H and O–H groups in total. The second-order valence-electron chi connectivity index (χ2n) is 6.49. The molecule has 0 amide bonds. The Labute approximate surface area is 125 Å². The minimum atomic E-state index is -0.305. The van der Waals surface area contributed by atoms with Crippen molar-refractivity contribution >= 4 is 5.69 Å². The van der Waals surface area contributed by atoms with Gasteiger partial charge in [-0.05, 0) is 25.7 Å². The van der Waals surface area contributed by atoms with Gasteiger partial charge >= 0.3 is 0 Å². The van der Waals surface area contributed by atoms with Gasteiger partial charge < -0.3 is 9.80 Å². The van der Waals surface area contributed by atoms with E-state index in [0.717, 1.165) is 18.2 Å². The monoisotopic (exact) mass is 291 g/mol. The molecule has 3 rings (SSSR count). The van der Waals surface area contributed by atoms with Crippen LogP contribution < -0.4 is 9.80 Å². The van der Waals surface area contributed by atoms with E-state index in [4.69, 9.17) is 0 Å². The molecule has 0 bridgehead atoms. The number of rotatable bonds is 4. The van der Waals surface area contributed by atoms with Gasteiger partial charge in [-0.2, -0.15) is 0 Å². The Morgan fingerprint density at radius 2 is 1.86 bits per heavy atom. The lowest BCUT2D eigenvalue weighted by atomic mass is 10.1. The summed E-state index contributed by atoms with van der Waals surface area (Å²) >= 11 is 0. The van der Waals surface area contributed by atoms with E-state index in [0.29, 0.717) is 0 Å². The van der Waals surface area contributed by atoms with Gasteiger partial charge in [0.15, 0.2) is 0 Å². The number of hydrogen-bond donors (Lipinski definition) is 2. The number of benzene rings is 1. The molecular weight excluding hydrogens is 266 g/mol. The standard InChI is InChI=1S/C16H23N3O2/c20-19(21)16-7-3-4-14(12-16)13-17-8-10-18(11-9-17)15-5-1-2-6-15/h3-4,7,12,15H,1-2,5-6,8-11,13H2/p+2. The van der Waals surface area contributed by atoms with E-state index >= 15 is 0 Å². The van der Waals surface area contributed by atoms with E-state index < -0.39 is 0 Å². The normalized spacial score (nSPS) is 26.9. The largest absolute Gasteiger partial charge is 0.323 e. The Morgan fingerprint density at radius 3 is 2.52 bits per heavy atom. The summed E-state index contributed by atoms with van der Waals surface area (Å²) in [7, 11) is 0. The van der Waals surface area contributed by atoms with Crippen LogP contribution in [0.25, 0.3) is 0 Å². The minimum absolute atomic E-state index is 0.210. The lowest BCUT2D eigenvalue weighted by Gasteiger charge is -2.33. The molecule has 0 radical (unpaired) electrons. The lowest BCUT2D eigenvalue weighted by molar-refractivity contribution is -1.03. The van der Waals surface area contributed by atoms with Gasteiger partial charge in [0.1, 0.15) is 32.7 Å². The summed E-state index contributed by atoms with van der Waals surface area (Å²) in [5.41, 5.74) is 1.30.